The van der Waals surface area contributed by atoms with Crippen molar-refractivity contribution >= 4 is 23.4 Å². The van der Waals surface area contributed by atoms with Crippen LogP contribution in [0, 0.1) is 25.2 Å². The molecule has 4 aromatic rings. The van der Waals surface area contributed by atoms with Crippen molar-refractivity contribution in [2.75, 3.05) is 17.2 Å². The van der Waals surface area contributed by atoms with Crippen molar-refractivity contribution in [2.24, 2.45) is 0 Å². The predicted molar refractivity (Wildman–Crippen MR) is 138 cm³/mol. The summed E-state index contributed by atoms with van der Waals surface area (Å²) < 4.78 is 2.03. The summed E-state index contributed by atoms with van der Waals surface area (Å²) in [6.07, 6.45) is 3.72. The van der Waals surface area contributed by atoms with Crippen LogP contribution in [0.2, 0.25) is 0 Å². The van der Waals surface area contributed by atoms with Crippen LogP contribution in [-0.4, -0.2) is 38.0 Å². The number of nitriles is 1. The van der Waals surface area contributed by atoms with Gasteiger partial charge >= 0.3 is 0 Å². The molecule has 4 rings (SSSR count). The molecule has 8 heteroatoms. The standard InChI is InChI=1S/C27H26N6OS/c1-20-15-21(2)17-24(16-20)32(14-6-11-28)25(34)19-35-27-31-30-26(23-9-12-29-13-10-23)33(27)18-22-7-4-3-5-8-22/h3-5,7-10,12-13,15-17H,6,14,18-19H2,1-2H3. The van der Waals surface area contributed by atoms with Crippen LogP contribution < -0.4 is 4.90 Å². The topological polar surface area (TPSA) is 87.7 Å². The second-order valence-corrected chi connectivity index (χ2v) is 9.14. The predicted octanol–water partition coefficient (Wildman–Crippen LogP) is 5.04. The van der Waals surface area contributed by atoms with Gasteiger partial charge in [-0.1, -0.05) is 48.2 Å². The highest BCUT2D eigenvalue weighted by Gasteiger charge is 2.20. The maximum atomic E-state index is 13.3. The molecular weight excluding hydrogens is 456 g/mol. The Morgan fingerprint density at radius 2 is 1.74 bits per heavy atom. The van der Waals surface area contributed by atoms with Crippen molar-refractivity contribution in [1.29, 1.82) is 5.26 Å². The lowest BCUT2D eigenvalue weighted by molar-refractivity contribution is -0.116. The monoisotopic (exact) mass is 482 g/mol. The molecule has 0 saturated heterocycles. The van der Waals surface area contributed by atoms with E-state index in [-0.39, 0.29) is 18.1 Å². The Morgan fingerprint density at radius 1 is 1.03 bits per heavy atom. The van der Waals surface area contributed by atoms with Crippen molar-refractivity contribution in [3.63, 3.8) is 0 Å². The van der Waals surface area contributed by atoms with Crippen LogP contribution in [0.3, 0.4) is 0 Å². The van der Waals surface area contributed by atoms with Gasteiger partial charge < -0.3 is 4.90 Å². The fourth-order valence-corrected chi connectivity index (χ4v) is 4.70. The number of hydrogen-bond donors (Lipinski definition) is 0. The highest BCUT2D eigenvalue weighted by atomic mass is 32.2. The Bertz CT molecular complexity index is 1310. The Hall–Kier alpha value is -3.96. The zero-order valence-corrected chi connectivity index (χ0v) is 20.6. The molecule has 0 aliphatic carbocycles. The number of hydrogen-bond acceptors (Lipinski definition) is 6. The molecule has 0 N–H and O–H groups in total. The fraction of sp³-hybridized carbons (Fsp3) is 0.222. The average molecular weight is 483 g/mol. The van der Waals surface area contributed by atoms with Crippen molar-refractivity contribution in [2.45, 2.75) is 32.0 Å². The lowest BCUT2D eigenvalue weighted by atomic mass is 10.1. The molecule has 0 aliphatic heterocycles. The summed E-state index contributed by atoms with van der Waals surface area (Å²) >= 11 is 1.35. The summed E-state index contributed by atoms with van der Waals surface area (Å²) in [6, 6.07) is 22.1. The number of aryl methyl sites for hydroxylation is 2. The number of anilines is 1. The van der Waals surface area contributed by atoms with Crippen LogP contribution in [0.25, 0.3) is 11.4 Å². The van der Waals surface area contributed by atoms with Crippen molar-refractivity contribution < 1.29 is 4.79 Å². The third kappa shape index (κ3) is 6.14. The second kappa shape index (κ2) is 11.4. The Balaban J connectivity index is 1.59. The number of carbonyl (C=O) groups excluding carboxylic acids is 1. The van der Waals surface area contributed by atoms with Gasteiger partial charge in [0.15, 0.2) is 11.0 Å². The molecule has 7 nitrogen and oxygen atoms in total. The van der Waals surface area contributed by atoms with E-state index in [2.05, 4.69) is 39.4 Å². The summed E-state index contributed by atoms with van der Waals surface area (Å²) in [5.74, 6) is 0.832. The number of thioether (sulfide) groups is 1. The first-order chi connectivity index (χ1) is 17.0. The average Bonchev–Trinajstić information content (AvgIpc) is 3.26. The number of carbonyl (C=O) groups is 1. The van der Waals surface area contributed by atoms with Crippen LogP contribution in [0.15, 0.2) is 78.2 Å². The molecule has 0 radical (unpaired) electrons. The summed E-state index contributed by atoms with van der Waals surface area (Å²) in [5.41, 5.74) is 4.99. The zero-order chi connectivity index (χ0) is 24.6. The number of nitrogens with zero attached hydrogens (tertiary/aromatic N) is 6. The molecule has 0 bridgehead atoms. The van der Waals surface area contributed by atoms with E-state index < -0.39 is 0 Å². The first-order valence-electron chi connectivity index (χ1n) is 11.3. The van der Waals surface area contributed by atoms with E-state index in [9.17, 15) is 4.79 Å². The normalized spacial score (nSPS) is 10.7. The lowest BCUT2D eigenvalue weighted by Crippen LogP contribution is -2.33. The van der Waals surface area contributed by atoms with E-state index in [1.54, 1.807) is 17.3 Å². The number of benzene rings is 2. The van der Waals surface area contributed by atoms with Gasteiger partial charge in [-0.2, -0.15) is 5.26 Å². The van der Waals surface area contributed by atoms with Crippen LogP contribution in [0.1, 0.15) is 23.1 Å². The van der Waals surface area contributed by atoms with Crippen molar-refractivity contribution in [3.8, 4) is 17.5 Å². The molecule has 2 aromatic carbocycles. The van der Waals surface area contributed by atoms with E-state index in [4.69, 9.17) is 5.26 Å². The van der Waals surface area contributed by atoms with Gasteiger partial charge in [-0.15, -0.1) is 10.2 Å². The van der Waals surface area contributed by atoms with E-state index in [1.165, 1.54) is 11.8 Å². The SMILES string of the molecule is Cc1cc(C)cc(N(CCC#N)C(=O)CSc2nnc(-c3ccncc3)n2Cc2ccccc2)c1. The lowest BCUT2D eigenvalue weighted by Gasteiger charge is -2.22. The van der Waals surface area contributed by atoms with Crippen LogP contribution in [0.5, 0.6) is 0 Å². The van der Waals surface area contributed by atoms with Crippen molar-refractivity contribution in [3.05, 3.63) is 89.7 Å². The first kappa shape index (κ1) is 24.2. The van der Waals surface area contributed by atoms with Crippen LogP contribution >= 0.6 is 11.8 Å². The first-order valence-corrected chi connectivity index (χ1v) is 12.3. The summed E-state index contributed by atoms with van der Waals surface area (Å²) in [6.45, 7) is 4.94. The van der Waals surface area contributed by atoms with Gasteiger partial charge in [0.2, 0.25) is 5.91 Å². The number of rotatable bonds is 9. The van der Waals surface area contributed by atoms with E-state index in [0.29, 0.717) is 18.2 Å². The summed E-state index contributed by atoms with van der Waals surface area (Å²) in [7, 11) is 0. The van der Waals surface area contributed by atoms with Gasteiger partial charge in [0.1, 0.15) is 0 Å². The van der Waals surface area contributed by atoms with Crippen LogP contribution in [-0.2, 0) is 11.3 Å². The number of pyridine rings is 1. The fourth-order valence-electron chi connectivity index (χ4n) is 3.89. The Kier molecular flexibility index (Phi) is 7.91. The highest BCUT2D eigenvalue weighted by molar-refractivity contribution is 7.99. The van der Waals surface area contributed by atoms with Gasteiger partial charge in [-0.05, 0) is 54.8 Å². The quantitative estimate of drug-likeness (QED) is 0.311. The zero-order valence-electron chi connectivity index (χ0n) is 19.8. The smallest absolute Gasteiger partial charge is 0.237 e. The second-order valence-electron chi connectivity index (χ2n) is 8.20. The Labute approximate surface area is 209 Å². The molecule has 0 aliphatic rings. The molecule has 0 atom stereocenters. The molecule has 2 heterocycles. The maximum Gasteiger partial charge on any atom is 0.237 e. The van der Waals surface area contributed by atoms with Crippen molar-refractivity contribution in [1.82, 2.24) is 19.7 Å². The van der Waals surface area contributed by atoms with Gasteiger partial charge in [0.25, 0.3) is 0 Å². The van der Waals surface area contributed by atoms with E-state index >= 15 is 0 Å². The van der Waals surface area contributed by atoms with Gasteiger partial charge in [-0.3, -0.25) is 14.3 Å². The molecule has 0 fully saturated rings. The summed E-state index contributed by atoms with van der Waals surface area (Å²) in [4.78, 5) is 19.1. The van der Waals surface area contributed by atoms with Gasteiger partial charge in [-0.25, -0.2) is 0 Å². The van der Waals surface area contributed by atoms with E-state index in [1.807, 2.05) is 60.9 Å². The molecule has 2 aromatic heterocycles. The van der Waals surface area contributed by atoms with Gasteiger partial charge in [0, 0.05) is 30.2 Å². The van der Waals surface area contributed by atoms with Crippen LogP contribution in [0.4, 0.5) is 5.69 Å². The minimum absolute atomic E-state index is 0.0741. The largest absolute Gasteiger partial charge is 0.311 e. The molecule has 176 valence electrons. The minimum atomic E-state index is -0.0741. The molecule has 0 unspecified atom stereocenters. The number of aromatic nitrogens is 4. The van der Waals surface area contributed by atoms with E-state index in [0.717, 1.165) is 33.8 Å². The molecular formula is C27H26N6OS. The maximum absolute atomic E-state index is 13.3. The number of amides is 1. The molecule has 0 saturated carbocycles. The third-order valence-electron chi connectivity index (χ3n) is 5.43. The Morgan fingerprint density at radius 3 is 2.43 bits per heavy atom. The molecule has 1 amide bonds. The summed E-state index contributed by atoms with van der Waals surface area (Å²) in [5, 5.41) is 18.6. The molecule has 0 spiro atoms. The minimum Gasteiger partial charge on any atom is -0.311 e. The third-order valence-corrected chi connectivity index (χ3v) is 6.38. The highest BCUT2D eigenvalue weighted by Crippen LogP contribution is 2.26. The van der Waals surface area contributed by atoms with Gasteiger partial charge in [0.05, 0.1) is 24.8 Å². The molecule has 35 heavy (non-hydrogen) atoms.